The monoisotopic (exact) mass is 250 g/mol. The smallest absolute Gasteiger partial charge is 0.276 e. The largest absolute Gasteiger partial charge is 0.377 e. The van der Waals surface area contributed by atoms with Crippen LogP contribution in [0.3, 0.4) is 0 Å². The summed E-state index contributed by atoms with van der Waals surface area (Å²) in [5.74, 6) is 0.319. The summed E-state index contributed by atoms with van der Waals surface area (Å²) in [6.07, 6.45) is 3.41. The number of aromatic amines is 1. The molecule has 96 valence electrons. The molecule has 0 aliphatic carbocycles. The van der Waals surface area contributed by atoms with E-state index in [1.807, 2.05) is 0 Å². The number of methoxy groups -OCH3 is 1. The molecule has 7 nitrogen and oxygen atoms in total. The fraction of sp³-hybridized carbons (Fsp3) is 0.364. The van der Waals surface area contributed by atoms with Crippen LogP contribution in [0.25, 0.3) is 0 Å². The highest BCUT2D eigenvalue weighted by Crippen LogP contribution is 2.09. The maximum atomic E-state index is 12.0. The number of rotatable bonds is 5. The lowest BCUT2D eigenvalue weighted by Gasteiger charge is -2.13. The van der Waals surface area contributed by atoms with Crippen LogP contribution in [-0.2, 0) is 17.9 Å². The van der Waals surface area contributed by atoms with E-state index in [9.17, 15) is 4.79 Å². The lowest BCUT2D eigenvalue weighted by Crippen LogP contribution is -2.26. The Bertz CT molecular complexity index is 506. The fourth-order valence-electron chi connectivity index (χ4n) is 1.53. The highest BCUT2D eigenvalue weighted by Gasteiger charge is 2.17. The molecule has 0 unspecified atom stereocenters. The molecule has 18 heavy (non-hydrogen) atoms. The first-order valence-corrected chi connectivity index (χ1v) is 5.38. The Kier molecular flexibility index (Phi) is 3.73. The predicted octanol–water partition coefficient (Wildman–Crippen LogP) is 0.816. The minimum Gasteiger partial charge on any atom is -0.377 e. The minimum atomic E-state index is -0.206. The average molecular weight is 250 g/mol. The van der Waals surface area contributed by atoms with Crippen molar-refractivity contribution in [2.24, 2.45) is 0 Å². The lowest BCUT2D eigenvalue weighted by molar-refractivity contribution is 0.0774. The van der Waals surface area contributed by atoms with Gasteiger partial charge >= 0.3 is 0 Å². The Balaban J connectivity index is 2.01. The van der Waals surface area contributed by atoms with Crippen molar-refractivity contribution in [1.82, 2.24) is 20.3 Å². The molecule has 2 heterocycles. The SMILES string of the molecule is COCc1cc(C(=O)N(C)Cc2cn[nH]c2)no1. The first kappa shape index (κ1) is 12.3. The van der Waals surface area contributed by atoms with E-state index in [2.05, 4.69) is 15.4 Å². The molecule has 0 bridgehead atoms. The summed E-state index contributed by atoms with van der Waals surface area (Å²) in [7, 11) is 3.25. The number of ether oxygens (including phenoxy) is 1. The molecule has 0 aliphatic heterocycles. The van der Waals surface area contributed by atoms with E-state index in [1.54, 1.807) is 37.5 Å². The molecule has 0 radical (unpaired) electrons. The Labute approximate surface area is 104 Å². The van der Waals surface area contributed by atoms with Gasteiger partial charge in [-0.2, -0.15) is 5.10 Å². The number of nitrogens with one attached hydrogen (secondary N) is 1. The first-order chi connectivity index (χ1) is 8.70. The van der Waals surface area contributed by atoms with Gasteiger partial charge in [0.25, 0.3) is 5.91 Å². The fourth-order valence-corrected chi connectivity index (χ4v) is 1.53. The second-order valence-electron chi connectivity index (χ2n) is 3.88. The van der Waals surface area contributed by atoms with Crippen LogP contribution in [0.2, 0.25) is 0 Å². The molecule has 2 aromatic heterocycles. The van der Waals surface area contributed by atoms with Gasteiger partial charge in [0.2, 0.25) is 0 Å². The van der Waals surface area contributed by atoms with Gasteiger partial charge in [0.05, 0.1) is 6.20 Å². The predicted molar refractivity (Wildman–Crippen MR) is 61.6 cm³/mol. The van der Waals surface area contributed by atoms with Gasteiger partial charge in [-0.25, -0.2) is 0 Å². The van der Waals surface area contributed by atoms with Crippen molar-refractivity contribution in [3.8, 4) is 0 Å². The molecule has 0 fully saturated rings. The number of hydrogen-bond acceptors (Lipinski definition) is 5. The topological polar surface area (TPSA) is 84.2 Å². The molecule has 7 heteroatoms. The van der Waals surface area contributed by atoms with Gasteiger partial charge in [-0.1, -0.05) is 5.16 Å². The van der Waals surface area contributed by atoms with Gasteiger partial charge in [0.15, 0.2) is 11.5 Å². The van der Waals surface area contributed by atoms with Crippen molar-refractivity contribution in [2.45, 2.75) is 13.2 Å². The van der Waals surface area contributed by atoms with Gasteiger partial charge in [0.1, 0.15) is 6.61 Å². The molecule has 2 aromatic rings. The van der Waals surface area contributed by atoms with Crippen LogP contribution in [0.1, 0.15) is 21.8 Å². The molecule has 0 saturated heterocycles. The van der Waals surface area contributed by atoms with Crippen molar-refractivity contribution in [1.29, 1.82) is 0 Å². The molecular weight excluding hydrogens is 236 g/mol. The van der Waals surface area contributed by atoms with Crippen LogP contribution < -0.4 is 0 Å². The maximum absolute atomic E-state index is 12.0. The Morgan fingerprint density at radius 3 is 3.11 bits per heavy atom. The van der Waals surface area contributed by atoms with E-state index in [4.69, 9.17) is 9.26 Å². The van der Waals surface area contributed by atoms with Crippen molar-refractivity contribution in [3.05, 3.63) is 35.5 Å². The normalized spacial score (nSPS) is 10.6. The highest BCUT2D eigenvalue weighted by atomic mass is 16.5. The molecular formula is C11H14N4O3. The summed E-state index contributed by atoms with van der Waals surface area (Å²) in [6, 6.07) is 1.58. The zero-order valence-electron chi connectivity index (χ0n) is 10.2. The van der Waals surface area contributed by atoms with E-state index < -0.39 is 0 Å². The summed E-state index contributed by atoms with van der Waals surface area (Å²) in [6.45, 7) is 0.757. The second kappa shape index (κ2) is 5.46. The van der Waals surface area contributed by atoms with Crippen molar-refractivity contribution < 1.29 is 14.1 Å². The van der Waals surface area contributed by atoms with Gasteiger partial charge in [0, 0.05) is 38.5 Å². The van der Waals surface area contributed by atoms with E-state index >= 15 is 0 Å². The summed E-state index contributed by atoms with van der Waals surface area (Å²) in [5.41, 5.74) is 1.19. The highest BCUT2D eigenvalue weighted by molar-refractivity contribution is 5.92. The number of nitrogens with zero attached hydrogens (tertiary/aromatic N) is 3. The summed E-state index contributed by atoms with van der Waals surface area (Å²) >= 11 is 0. The Morgan fingerprint density at radius 2 is 2.44 bits per heavy atom. The quantitative estimate of drug-likeness (QED) is 0.849. The van der Waals surface area contributed by atoms with Crippen molar-refractivity contribution >= 4 is 5.91 Å². The lowest BCUT2D eigenvalue weighted by atomic mass is 10.3. The molecule has 1 N–H and O–H groups in total. The third kappa shape index (κ3) is 2.75. The maximum Gasteiger partial charge on any atom is 0.276 e. The molecule has 0 spiro atoms. The van der Waals surface area contributed by atoms with E-state index in [-0.39, 0.29) is 11.6 Å². The minimum absolute atomic E-state index is 0.206. The van der Waals surface area contributed by atoms with Crippen LogP contribution >= 0.6 is 0 Å². The molecule has 0 aromatic carbocycles. The number of hydrogen-bond donors (Lipinski definition) is 1. The summed E-state index contributed by atoms with van der Waals surface area (Å²) in [4.78, 5) is 13.6. The van der Waals surface area contributed by atoms with Crippen molar-refractivity contribution in [2.75, 3.05) is 14.2 Å². The van der Waals surface area contributed by atoms with Crippen LogP contribution in [0, 0.1) is 0 Å². The van der Waals surface area contributed by atoms with Gasteiger partial charge in [-0.05, 0) is 0 Å². The average Bonchev–Trinajstić information content (AvgIpc) is 3.00. The summed E-state index contributed by atoms with van der Waals surface area (Å²) in [5, 5.41) is 10.2. The molecule has 0 atom stereocenters. The zero-order chi connectivity index (χ0) is 13.0. The molecule has 2 rings (SSSR count). The number of aromatic nitrogens is 3. The number of carbonyl (C=O) groups is 1. The number of carbonyl (C=O) groups excluding carboxylic acids is 1. The van der Waals surface area contributed by atoms with Crippen molar-refractivity contribution in [3.63, 3.8) is 0 Å². The Morgan fingerprint density at radius 1 is 1.61 bits per heavy atom. The first-order valence-electron chi connectivity index (χ1n) is 5.38. The van der Waals surface area contributed by atoms with Gasteiger partial charge < -0.3 is 14.2 Å². The van der Waals surface area contributed by atoms with Crippen LogP contribution in [0.4, 0.5) is 0 Å². The standard InChI is InChI=1S/C11H14N4O3/c1-15(6-8-4-12-13-5-8)11(16)10-3-9(7-17-2)18-14-10/h3-5H,6-7H2,1-2H3,(H,12,13). The molecule has 1 amide bonds. The number of H-pyrrole nitrogens is 1. The zero-order valence-corrected chi connectivity index (χ0v) is 10.2. The molecule has 0 saturated carbocycles. The number of amides is 1. The van der Waals surface area contributed by atoms with Gasteiger partial charge in [-0.3, -0.25) is 9.89 Å². The third-order valence-electron chi connectivity index (χ3n) is 2.39. The van der Waals surface area contributed by atoms with E-state index in [0.29, 0.717) is 18.9 Å². The van der Waals surface area contributed by atoms with Crippen LogP contribution in [0.5, 0.6) is 0 Å². The van der Waals surface area contributed by atoms with Crippen LogP contribution in [0.15, 0.2) is 23.0 Å². The molecule has 0 aliphatic rings. The third-order valence-corrected chi connectivity index (χ3v) is 2.39. The van der Waals surface area contributed by atoms with Gasteiger partial charge in [-0.15, -0.1) is 0 Å². The van der Waals surface area contributed by atoms with E-state index in [1.165, 1.54) is 0 Å². The Hall–Kier alpha value is -2.15. The van der Waals surface area contributed by atoms with Crippen LogP contribution in [-0.4, -0.2) is 40.3 Å². The van der Waals surface area contributed by atoms with E-state index in [0.717, 1.165) is 5.56 Å². The second-order valence-corrected chi connectivity index (χ2v) is 3.88. The summed E-state index contributed by atoms with van der Waals surface area (Å²) < 4.78 is 9.87.